The molecule has 2 N–H and O–H groups in total. The number of benzene rings is 2. The molecular formula is C25H25ClN4O5. The highest BCUT2D eigenvalue weighted by Crippen LogP contribution is 2.37. The summed E-state index contributed by atoms with van der Waals surface area (Å²) in [5, 5.41) is 8.36. The molecule has 1 amide bonds. The van der Waals surface area contributed by atoms with Crippen LogP contribution in [0.25, 0.3) is 23.1 Å². The van der Waals surface area contributed by atoms with Crippen molar-refractivity contribution in [1.82, 2.24) is 20.1 Å². The molecule has 0 spiro atoms. The fraction of sp³-hybridized carbons (Fsp3) is 0.240. The topological polar surface area (TPSA) is 111 Å². The zero-order valence-corrected chi connectivity index (χ0v) is 20.3. The first-order valence-corrected chi connectivity index (χ1v) is 11.3. The van der Waals surface area contributed by atoms with Crippen molar-refractivity contribution < 1.29 is 18.7 Å². The molecule has 0 fully saturated rings. The van der Waals surface area contributed by atoms with Crippen molar-refractivity contribution in [2.75, 3.05) is 20.8 Å². The zero-order chi connectivity index (χ0) is 24.9. The molecule has 0 saturated carbocycles. The molecule has 4 rings (SSSR count). The molecule has 2 aromatic carbocycles. The lowest BCUT2D eigenvalue weighted by molar-refractivity contribution is -0.121. The minimum Gasteiger partial charge on any atom is -0.493 e. The van der Waals surface area contributed by atoms with E-state index in [0.29, 0.717) is 35.1 Å². The number of hydrogen-bond donors (Lipinski definition) is 2. The number of nitrogens with zero attached hydrogens (tertiary/aromatic N) is 2. The second-order valence-electron chi connectivity index (χ2n) is 7.86. The van der Waals surface area contributed by atoms with Gasteiger partial charge in [-0.2, -0.15) is 4.68 Å². The molecule has 0 aliphatic carbocycles. The lowest BCUT2D eigenvalue weighted by atomic mass is 10.1. The molecule has 2 heterocycles. The normalized spacial score (nSPS) is 11.3. The Morgan fingerprint density at radius 1 is 1.23 bits per heavy atom. The predicted octanol–water partition coefficient (Wildman–Crippen LogP) is 3.83. The van der Waals surface area contributed by atoms with Crippen molar-refractivity contribution >= 4 is 40.6 Å². The van der Waals surface area contributed by atoms with E-state index in [1.165, 1.54) is 25.9 Å². The lowest BCUT2D eigenvalue weighted by Crippen LogP contribution is -2.32. The number of hydrogen-bond acceptors (Lipinski definition) is 6. The van der Waals surface area contributed by atoms with E-state index in [2.05, 4.69) is 21.5 Å². The van der Waals surface area contributed by atoms with Gasteiger partial charge in [0.25, 0.3) is 0 Å². The van der Waals surface area contributed by atoms with Gasteiger partial charge in [0.2, 0.25) is 11.8 Å². The minimum absolute atomic E-state index is 0.0443. The minimum atomic E-state index is -0.731. The van der Waals surface area contributed by atoms with Gasteiger partial charge in [-0.1, -0.05) is 23.2 Å². The first-order chi connectivity index (χ1) is 16.9. The Morgan fingerprint density at radius 2 is 2.06 bits per heavy atom. The Hall–Kier alpha value is -3.98. The van der Waals surface area contributed by atoms with Crippen LogP contribution in [-0.4, -0.2) is 41.4 Å². The molecule has 35 heavy (non-hydrogen) atoms. The highest BCUT2D eigenvalue weighted by Gasteiger charge is 2.13. The maximum atomic E-state index is 12.4. The number of carbonyl (C=O) groups excluding carboxylic acids is 1. The van der Waals surface area contributed by atoms with E-state index in [0.717, 1.165) is 21.1 Å². The van der Waals surface area contributed by atoms with Crippen LogP contribution in [0, 0.1) is 6.92 Å². The number of methoxy groups -OCH3 is 2. The third kappa shape index (κ3) is 5.41. The van der Waals surface area contributed by atoms with Gasteiger partial charge in [-0.3, -0.25) is 4.79 Å². The Morgan fingerprint density at radius 3 is 2.83 bits per heavy atom. The van der Waals surface area contributed by atoms with Gasteiger partial charge in [-0.05, 0) is 54.8 Å². The molecule has 0 unspecified atom stereocenters. The predicted molar refractivity (Wildman–Crippen MR) is 134 cm³/mol. The fourth-order valence-electron chi connectivity index (χ4n) is 3.71. The number of H-pyrrole nitrogens is 1. The van der Waals surface area contributed by atoms with Gasteiger partial charge in [0.15, 0.2) is 11.5 Å². The smallest absolute Gasteiger partial charge is 0.437 e. The van der Waals surface area contributed by atoms with E-state index in [9.17, 15) is 9.59 Å². The number of nitrogens with one attached hydrogen (secondary N) is 2. The number of fused-ring (bicyclic) bond motifs is 1. The van der Waals surface area contributed by atoms with Gasteiger partial charge >= 0.3 is 5.76 Å². The molecule has 9 nitrogen and oxygen atoms in total. The standard InChI is InChI=1S/C25H25ClN4O5/c1-15-4-7-19-18(12-15)17(13-28-19)10-11-27-21(31)14-30-25(32)35-22(29-30)9-6-16-5-8-20(33-2)24(34-3)23(16)26/h4-9,12-13,28H,10-11,14H2,1-3H3,(H,27,31). The summed E-state index contributed by atoms with van der Waals surface area (Å²) in [5.74, 6) is -0.137. The molecule has 0 atom stereocenters. The van der Waals surface area contributed by atoms with Gasteiger partial charge in [-0.15, -0.1) is 5.10 Å². The largest absolute Gasteiger partial charge is 0.493 e. The molecular weight excluding hydrogens is 472 g/mol. The summed E-state index contributed by atoms with van der Waals surface area (Å²) in [6.07, 6.45) is 5.72. The van der Waals surface area contributed by atoms with E-state index < -0.39 is 5.76 Å². The summed E-state index contributed by atoms with van der Waals surface area (Å²) >= 11 is 6.36. The first kappa shape index (κ1) is 24.2. The van der Waals surface area contributed by atoms with Crippen LogP contribution in [0.5, 0.6) is 11.5 Å². The third-order valence-electron chi connectivity index (χ3n) is 5.48. The number of amides is 1. The van der Waals surface area contributed by atoms with E-state index in [4.69, 9.17) is 25.5 Å². The Bertz CT molecular complexity index is 1450. The van der Waals surface area contributed by atoms with Crippen molar-refractivity contribution in [2.24, 2.45) is 0 Å². The van der Waals surface area contributed by atoms with Crippen LogP contribution in [-0.2, 0) is 17.8 Å². The van der Waals surface area contributed by atoms with Crippen molar-refractivity contribution in [3.63, 3.8) is 0 Å². The molecule has 182 valence electrons. The van der Waals surface area contributed by atoms with Crippen LogP contribution in [0.3, 0.4) is 0 Å². The number of aryl methyl sites for hydroxylation is 1. The second-order valence-corrected chi connectivity index (χ2v) is 8.24. The zero-order valence-electron chi connectivity index (χ0n) is 19.6. The average Bonchev–Trinajstić information content (AvgIpc) is 3.40. The number of ether oxygens (including phenoxy) is 2. The summed E-state index contributed by atoms with van der Waals surface area (Å²) in [6.45, 7) is 2.22. The number of rotatable bonds is 9. The van der Waals surface area contributed by atoms with E-state index in [1.807, 2.05) is 25.3 Å². The molecule has 0 aliphatic heterocycles. The molecule has 0 bridgehead atoms. The summed E-state index contributed by atoms with van der Waals surface area (Å²) in [4.78, 5) is 27.7. The highest BCUT2D eigenvalue weighted by atomic mass is 35.5. The van der Waals surface area contributed by atoms with E-state index in [-0.39, 0.29) is 18.3 Å². The second kappa shape index (κ2) is 10.5. The van der Waals surface area contributed by atoms with Gasteiger partial charge in [0, 0.05) is 29.7 Å². The number of aromatic nitrogens is 3. The van der Waals surface area contributed by atoms with Crippen LogP contribution in [0.4, 0.5) is 0 Å². The van der Waals surface area contributed by atoms with Gasteiger partial charge in [0.1, 0.15) is 6.54 Å². The quantitative estimate of drug-likeness (QED) is 0.364. The number of halogens is 1. The van der Waals surface area contributed by atoms with Gasteiger partial charge in [-0.25, -0.2) is 4.79 Å². The molecule has 2 aromatic heterocycles. The molecule has 4 aromatic rings. The lowest BCUT2D eigenvalue weighted by Gasteiger charge is -2.10. The van der Waals surface area contributed by atoms with E-state index in [1.54, 1.807) is 18.2 Å². The Labute approximate surface area is 206 Å². The average molecular weight is 497 g/mol. The van der Waals surface area contributed by atoms with Crippen LogP contribution < -0.4 is 20.5 Å². The monoisotopic (exact) mass is 496 g/mol. The molecule has 0 saturated heterocycles. The Balaban J connectivity index is 1.36. The third-order valence-corrected chi connectivity index (χ3v) is 5.86. The van der Waals surface area contributed by atoms with Crippen molar-refractivity contribution in [3.8, 4) is 11.5 Å². The van der Waals surface area contributed by atoms with Crippen molar-refractivity contribution in [2.45, 2.75) is 19.9 Å². The SMILES string of the molecule is COc1ccc(C=Cc2nn(CC(=O)NCCc3c[nH]c4ccc(C)cc34)c(=O)o2)c(Cl)c1OC. The van der Waals surface area contributed by atoms with Crippen LogP contribution >= 0.6 is 11.6 Å². The Kier molecular flexibility index (Phi) is 7.26. The van der Waals surface area contributed by atoms with E-state index >= 15 is 0 Å². The first-order valence-electron chi connectivity index (χ1n) is 10.9. The van der Waals surface area contributed by atoms with Crippen LogP contribution in [0.15, 0.2) is 45.7 Å². The number of aromatic amines is 1. The maximum Gasteiger partial charge on any atom is 0.437 e. The molecule has 0 aliphatic rings. The molecule has 10 heteroatoms. The number of carbonyl (C=O) groups is 1. The van der Waals surface area contributed by atoms with Crippen LogP contribution in [0.2, 0.25) is 5.02 Å². The summed E-state index contributed by atoms with van der Waals surface area (Å²) < 4.78 is 16.6. The summed E-state index contributed by atoms with van der Waals surface area (Å²) in [7, 11) is 3.01. The summed E-state index contributed by atoms with van der Waals surface area (Å²) in [5.41, 5.74) is 3.96. The fourth-order valence-corrected chi connectivity index (χ4v) is 4.01. The highest BCUT2D eigenvalue weighted by molar-refractivity contribution is 6.34. The van der Waals surface area contributed by atoms with Crippen LogP contribution in [0.1, 0.15) is 22.6 Å². The van der Waals surface area contributed by atoms with Gasteiger partial charge < -0.3 is 24.2 Å². The van der Waals surface area contributed by atoms with Crippen molar-refractivity contribution in [3.05, 3.63) is 74.7 Å². The summed E-state index contributed by atoms with van der Waals surface area (Å²) in [6, 6.07) is 9.64. The van der Waals surface area contributed by atoms with Crippen molar-refractivity contribution in [1.29, 1.82) is 0 Å². The van der Waals surface area contributed by atoms with Gasteiger partial charge in [0.05, 0.1) is 19.2 Å². The molecule has 0 radical (unpaired) electrons. The maximum absolute atomic E-state index is 12.4.